The Morgan fingerprint density at radius 2 is 2.22 bits per heavy atom. The first-order valence-electron chi connectivity index (χ1n) is 7.84. The molecule has 3 N–H and O–H groups in total. The number of halogens is 1. The number of aliphatic hydroxyl groups excluding tert-OH is 1. The van der Waals surface area contributed by atoms with Gasteiger partial charge < -0.3 is 10.0 Å². The minimum atomic E-state index is -0.515. The van der Waals surface area contributed by atoms with Crippen LogP contribution in [0.3, 0.4) is 0 Å². The van der Waals surface area contributed by atoms with E-state index in [4.69, 9.17) is 0 Å². The standard InChI is InChI=1S/C15H18FN5O2/c16-11-6-17-12(5-9(11)7-22)21-4-3-10(8-1-2-8)13(21)14-18-15(23)20-19-14/h5-6,8,10,13,22H,1-4,7H2,(H2,18,19,20,23). The molecule has 2 aromatic heterocycles. The molecule has 122 valence electrons. The van der Waals surface area contributed by atoms with Gasteiger partial charge in [-0.2, -0.15) is 5.10 Å². The van der Waals surface area contributed by atoms with Crippen molar-refractivity contribution < 1.29 is 9.50 Å². The second kappa shape index (κ2) is 5.45. The third-order valence-electron chi connectivity index (χ3n) is 4.86. The van der Waals surface area contributed by atoms with E-state index in [0.29, 0.717) is 23.5 Å². The number of H-pyrrole nitrogens is 2. The van der Waals surface area contributed by atoms with Crippen molar-refractivity contribution in [2.45, 2.75) is 31.9 Å². The number of hydrogen-bond acceptors (Lipinski definition) is 5. The van der Waals surface area contributed by atoms with Crippen LogP contribution in [0, 0.1) is 17.7 Å². The number of nitrogens with one attached hydrogen (secondary N) is 2. The molecule has 0 radical (unpaired) electrons. The summed E-state index contributed by atoms with van der Waals surface area (Å²) < 4.78 is 13.6. The molecular weight excluding hydrogens is 301 g/mol. The lowest BCUT2D eigenvalue weighted by Crippen LogP contribution is -2.28. The van der Waals surface area contributed by atoms with Crippen LogP contribution in [0.25, 0.3) is 0 Å². The van der Waals surface area contributed by atoms with Crippen LogP contribution in [-0.4, -0.2) is 31.8 Å². The van der Waals surface area contributed by atoms with E-state index in [1.807, 2.05) is 4.90 Å². The molecule has 0 spiro atoms. The third-order valence-corrected chi connectivity index (χ3v) is 4.86. The maximum atomic E-state index is 13.6. The van der Waals surface area contributed by atoms with E-state index in [1.165, 1.54) is 12.8 Å². The first-order chi connectivity index (χ1) is 11.2. The Bertz CT molecular complexity index is 769. The van der Waals surface area contributed by atoms with Gasteiger partial charge in [-0.3, -0.25) is 4.98 Å². The van der Waals surface area contributed by atoms with Gasteiger partial charge in [0.1, 0.15) is 11.6 Å². The molecule has 1 saturated heterocycles. The normalized spacial score (nSPS) is 24.3. The fourth-order valence-electron chi connectivity index (χ4n) is 3.61. The molecule has 0 bridgehead atoms. The molecule has 2 aromatic rings. The molecule has 1 aliphatic heterocycles. The Labute approximate surface area is 131 Å². The van der Waals surface area contributed by atoms with Crippen LogP contribution in [0.4, 0.5) is 10.2 Å². The predicted molar refractivity (Wildman–Crippen MR) is 80.2 cm³/mol. The SMILES string of the molecule is O=c1[nH]nc(C2C(C3CC3)CCN2c2cc(CO)c(F)cn2)[nH]1. The zero-order valence-electron chi connectivity index (χ0n) is 12.5. The second-order valence-electron chi connectivity index (χ2n) is 6.28. The van der Waals surface area contributed by atoms with Gasteiger partial charge in [0.25, 0.3) is 0 Å². The predicted octanol–water partition coefficient (Wildman–Crippen LogP) is 1.10. The van der Waals surface area contributed by atoms with Crippen LogP contribution in [0.1, 0.15) is 36.7 Å². The molecule has 23 heavy (non-hydrogen) atoms. The van der Waals surface area contributed by atoms with Crippen LogP contribution in [0.2, 0.25) is 0 Å². The zero-order valence-corrected chi connectivity index (χ0v) is 12.5. The fraction of sp³-hybridized carbons (Fsp3) is 0.533. The highest BCUT2D eigenvalue weighted by Crippen LogP contribution is 2.50. The molecule has 1 saturated carbocycles. The van der Waals surface area contributed by atoms with Crippen molar-refractivity contribution in [3.63, 3.8) is 0 Å². The Morgan fingerprint density at radius 3 is 2.87 bits per heavy atom. The highest BCUT2D eigenvalue weighted by molar-refractivity contribution is 5.45. The lowest BCUT2D eigenvalue weighted by Gasteiger charge is -2.27. The minimum Gasteiger partial charge on any atom is -0.392 e. The van der Waals surface area contributed by atoms with E-state index in [1.54, 1.807) is 6.07 Å². The van der Waals surface area contributed by atoms with E-state index in [2.05, 4.69) is 20.2 Å². The van der Waals surface area contributed by atoms with Gasteiger partial charge in [-0.1, -0.05) is 0 Å². The molecule has 3 heterocycles. The summed E-state index contributed by atoms with van der Waals surface area (Å²) in [6.45, 7) is 0.398. The lowest BCUT2D eigenvalue weighted by atomic mass is 9.94. The summed E-state index contributed by atoms with van der Waals surface area (Å²) in [5.41, 5.74) is -0.108. The van der Waals surface area contributed by atoms with Crippen LogP contribution >= 0.6 is 0 Å². The molecule has 0 amide bonds. The summed E-state index contributed by atoms with van der Waals surface area (Å²) in [5.74, 6) is 1.73. The first-order valence-corrected chi connectivity index (χ1v) is 7.84. The van der Waals surface area contributed by atoms with Crippen LogP contribution in [-0.2, 0) is 6.61 Å². The molecule has 0 aromatic carbocycles. The van der Waals surface area contributed by atoms with E-state index in [9.17, 15) is 14.3 Å². The van der Waals surface area contributed by atoms with E-state index in [0.717, 1.165) is 19.2 Å². The first kappa shape index (κ1) is 14.4. The average Bonchev–Trinajstić information content (AvgIpc) is 3.16. The van der Waals surface area contributed by atoms with E-state index >= 15 is 0 Å². The molecule has 2 aliphatic rings. The van der Waals surface area contributed by atoms with Crippen LogP contribution in [0.5, 0.6) is 0 Å². The summed E-state index contributed by atoms with van der Waals surface area (Å²) in [6, 6.07) is 1.49. The number of aliphatic hydroxyl groups is 1. The van der Waals surface area contributed by atoms with E-state index < -0.39 is 5.82 Å². The minimum absolute atomic E-state index is 0.0778. The Hall–Kier alpha value is -2.22. The van der Waals surface area contributed by atoms with Crippen LogP contribution < -0.4 is 10.6 Å². The van der Waals surface area contributed by atoms with Crippen LogP contribution in [0.15, 0.2) is 17.1 Å². The summed E-state index contributed by atoms with van der Waals surface area (Å²) in [6.07, 6.45) is 4.51. The van der Waals surface area contributed by atoms with Gasteiger partial charge in [-0.25, -0.2) is 19.3 Å². The van der Waals surface area contributed by atoms with Gasteiger partial charge in [0.05, 0.1) is 18.8 Å². The molecule has 8 heteroatoms. The van der Waals surface area contributed by atoms with Gasteiger partial charge in [0, 0.05) is 12.1 Å². The molecule has 2 atom stereocenters. The second-order valence-corrected chi connectivity index (χ2v) is 6.28. The summed E-state index contributed by atoms with van der Waals surface area (Å²) in [4.78, 5) is 20.4. The Kier molecular flexibility index (Phi) is 3.41. The monoisotopic (exact) mass is 319 g/mol. The van der Waals surface area contributed by atoms with Gasteiger partial charge in [-0.05, 0) is 37.2 Å². The van der Waals surface area contributed by atoms with Crippen molar-refractivity contribution in [2.75, 3.05) is 11.4 Å². The highest BCUT2D eigenvalue weighted by atomic mass is 19.1. The topological polar surface area (TPSA) is 97.9 Å². The number of nitrogens with zero attached hydrogens (tertiary/aromatic N) is 3. The maximum Gasteiger partial charge on any atom is 0.340 e. The highest BCUT2D eigenvalue weighted by Gasteiger charge is 2.45. The summed E-state index contributed by atoms with van der Waals surface area (Å²) in [7, 11) is 0. The third kappa shape index (κ3) is 2.52. The van der Waals surface area contributed by atoms with Crippen molar-refractivity contribution in [1.82, 2.24) is 20.2 Å². The van der Waals surface area contributed by atoms with Gasteiger partial charge in [-0.15, -0.1) is 0 Å². The van der Waals surface area contributed by atoms with Crippen molar-refractivity contribution in [3.8, 4) is 0 Å². The molecule has 2 unspecified atom stereocenters. The molecule has 1 aliphatic carbocycles. The van der Waals surface area contributed by atoms with Crippen molar-refractivity contribution in [3.05, 3.63) is 40.0 Å². The Morgan fingerprint density at radius 1 is 1.39 bits per heavy atom. The fourth-order valence-corrected chi connectivity index (χ4v) is 3.61. The number of aromatic amines is 2. The Balaban J connectivity index is 1.72. The zero-order chi connectivity index (χ0) is 16.0. The molecule has 4 rings (SSSR count). The number of pyridine rings is 1. The number of hydrogen-bond donors (Lipinski definition) is 3. The average molecular weight is 319 g/mol. The van der Waals surface area contributed by atoms with Gasteiger partial charge in [0.2, 0.25) is 0 Å². The maximum absolute atomic E-state index is 13.6. The van der Waals surface area contributed by atoms with Gasteiger partial charge in [0.15, 0.2) is 5.82 Å². The quantitative estimate of drug-likeness (QED) is 0.784. The number of aromatic nitrogens is 4. The molecule has 2 fully saturated rings. The largest absolute Gasteiger partial charge is 0.392 e. The summed E-state index contributed by atoms with van der Waals surface area (Å²) >= 11 is 0. The van der Waals surface area contributed by atoms with Crippen molar-refractivity contribution in [1.29, 1.82) is 0 Å². The lowest BCUT2D eigenvalue weighted by molar-refractivity contribution is 0.275. The molecular formula is C15H18FN5O2. The smallest absolute Gasteiger partial charge is 0.340 e. The van der Waals surface area contributed by atoms with Crippen molar-refractivity contribution in [2.24, 2.45) is 11.8 Å². The molecule has 7 nitrogen and oxygen atoms in total. The number of anilines is 1. The van der Waals surface area contributed by atoms with Crippen molar-refractivity contribution >= 4 is 5.82 Å². The summed E-state index contributed by atoms with van der Waals surface area (Å²) in [5, 5.41) is 15.8. The van der Waals surface area contributed by atoms with E-state index in [-0.39, 0.29) is 23.9 Å². The number of rotatable bonds is 4. The van der Waals surface area contributed by atoms with Gasteiger partial charge >= 0.3 is 5.69 Å².